The molecule has 0 unspecified atom stereocenters. The third-order valence-corrected chi connectivity index (χ3v) is 4.94. The van der Waals surface area contributed by atoms with Gasteiger partial charge in [-0.05, 0) is 44.7 Å². The van der Waals surface area contributed by atoms with Crippen LogP contribution in [0.25, 0.3) is 0 Å². The molecular weight excluding hydrogens is 479 g/mol. The van der Waals surface area contributed by atoms with E-state index in [1.54, 1.807) is 0 Å². The summed E-state index contributed by atoms with van der Waals surface area (Å²) in [6, 6.07) is 8.60. The number of guanidine groups is 1. The summed E-state index contributed by atoms with van der Waals surface area (Å²) in [6.45, 7) is 11.6. The lowest BCUT2D eigenvalue weighted by Gasteiger charge is -2.34. The van der Waals surface area contributed by atoms with Crippen molar-refractivity contribution >= 4 is 35.8 Å². The fraction of sp³-hybridized carbons (Fsp3) is 0.571. The summed E-state index contributed by atoms with van der Waals surface area (Å²) in [7, 11) is 0. The molecule has 29 heavy (non-hydrogen) atoms. The minimum atomic E-state index is 0. The van der Waals surface area contributed by atoms with Crippen molar-refractivity contribution in [1.29, 1.82) is 0 Å². The standard InChI is InChI=1S/C21H32N6O.HI/c1-5-22-21(23-14-18-13-19(15(2)3)26-28-18)25-17-9-11-27(12-10-17)20-8-6-7-16(4)24-20;/h6-8,13,15,17H,5,9-12,14H2,1-4H3,(H2,22,23,25);1H. The van der Waals surface area contributed by atoms with E-state index in [1.165, 1.54) is 0 Å². The Labute approximate surface area is 190 Å². The number of hydrogen-bond acceptors (Lipinski definition) is 5. The molecule has 0 spiro atoms. The van der Waals surface area contributed by atoms with Crippen molar-refractivity contribution in [3.8, 4) is 0 Å². The fourth-order valence-electron chi connectivity index (χ4n) is 3.30. The second kappa shape index (κ2) is 11.4. The van der Waals surface area contributed by atoms with Crippen LogP contribution in [-0.2, 0) is 6.54 Å². The molecule has 1 saturated heterocycles. The zero-order chi connectivity index (χ0) is 19.9. The number of hydrogen-bond donors (Lipinski definition) is 2. The Morgan fingerprint density at radius 1 is 1.31 bits per heavy atom. The number of aryl methyl sites for hydroxylation is 1. The van der Waals surface area contributed by atoms with Crippen LogP contribution in [0.15, 0.2) is 33.8 Å². The number of nitrogens with one attached hydrogen (secondary N) is 2. The Balaban J connectivity index is 0.00000300. The van der Waals surface area contributed by atoms with Crippen molar-refractivity contribution in [3.63, 3.8) is 0 Å². The summed E-state index contributed by atoms with van der Waals surface area (Å²) in [5.74, 6) is 3.06. The number of halogens is 1. The number of aliphatic imine (C=N–C) groups is 1. The average molecular weight is 512 g/mol. The molecule has 0 aromatic carbocycles. The third-order valence-electron chi connectivity index (χ3n) is 4.94. The molecule has 0 radical (unpaired) electrons. The highest BCUT2D eigenvalue weighted by molar-refractivity contribution is 14.0. The van der Waals surface area contributed by atoms with Crippen molar-refractivity contribution < 1.29 is 4.52 Å². The predicted molar refractivity (Wildman–Crippen MR) is 128 cm³/mol. The lowest BCUT2D eigenvalue weighted by molar-refractivity contribution is 0.376. The first-order valence-corrected chi connectivity index (χ1v) is 10.2. The van der Waals surface area contributed by atoms with Crippen LogP contribution in [0.1, 0.15) is 56.7 Å². The molecule has 0 aliphatic carbocycles. The van der Waals surface area contributed by atoms with Gasteiger partial charge < -0.3 is 20.1 Å². The van der Waals surface area contributed by atoms with E-state index in [-0.39, 0.29) is 24.0 Å². The van der Waals surface area contributed by atoms with Gasteiger partial charge in [0, 0.05) is 37.4 Å². The maximum absolute atomic E-state index is 5.39. The van der Waals surface area contributed by atoms with Crippen molar-refractivity contribution in [2.24, 2.45) is 4.99 Å². The number of rotatable bonds is 6. The first kappa shape index (κ1) is 23.4. The zero-order valence-electron chi connectivity index (χ0n) is 17.8. The maximum atomic E-state index is 5.39. The number of aromatic nitrogens is 2. The zero-order valence-corrected chi connectivity index (χ0v) is 20.1. The van der Waals surface area contributed by atoms with E-state index in [0.29, 0.717) is 18.5 Å². The number of pyridine rings is 1. The van der Waals surface area contributed by atoms with E-state index >= 15 is 0 Å². The second-order valence-corrected chi connectivity index (χ2v) is 7.61. The lowest BCUT2D eigenvalue weighted by Crippen LogP contribution is -2.48. The Hall–Kier alpha value is -1.84. The van der Waals surface area contributed by atoms with E-state index in [4.69, 9.17) is 4.52 Å². The van der Waals surface area contributed by atoms with Crippen LogP contribution < -0.4 is 15.5 Å². The summed E-state index contributed by atoms with van der Waals surface area (Å²) in [5.41, 5.74) is 2.03. The van der Waals surface area contributed by atoms with Crippen LogP contribution >= 0.6 is 24.0 Å². The Kier molecular flexibility index (Phi) is 9.19. The minimum absolute atomic E-state index is 0. The summed E-state index contributed by atoms with van der Waals surface area (Å²) in [5, 5.41) is 11.0. The molecule has 1 aliphatic heterocycles. The van der Waals surface area contributed by atoms with Crippen LogP contribution in [0, 0.1) is 6.92 Å². The molecule has 0 saturated carbocycles. The normalized spacial score (nSPS) is 15.3. The van der Waals surface area contributed by atoms with Gasteiger partial charge in [-0.15, -0.1) is 24.0 Å². The van der Waals surface area contributed by atoms with Crippen LogP contribution in [0.3, 0.4) is 0 Å². The summed E-state index contributed by atoms with van der Waals surface area (Å²) < 4.78 is 5.39. The van der Waals surface area contributed by atoms with Crippen molar-refractivity contribution in [2.45, 2.75) is 59.0 Å². The van der Waals surface area contributed by atoms with Gasteiger partial charge in [0.25, 0.3) is 0 Å². The van der Waals surface area contributed by atoms with Crippen LogP contribution in [0.2, 0.25) is 0 Å². The average Bonchev–Trinajstić information content (AvgIpc) is 3.16. The molecule has 3 heterocycles. The van der Waals surface area contributed by atoms with Crippen LogP contribution in [0.4, 0.5) is 5.82 Å². The van der Waals surface area contributed by atoms with Crippen LogP contribution in [0.5, 0.6) is 0 Å². The van der Waals surface area contributed by atoms with Gasteiger partial charge in [0.2, 0.25) is 0 Å². The molecular formula is C21H33IN6O. The Morgan fingerprint density at radius 3 is 2.69 bits per heavy atom. The largest absolute Gasteiger partial charge is 0.359 e. The third kappa shape index (κ3) is 6.87. The quantitative estimate of drug-likeness (QED) is 0.348. The molecule has 8 heteroatoms. The lowest BCUT2D eigenvalue weighted by atomic mass is 10.1. The molecule has 0 atom stereocenters. The molecule has 1 aliphatic rings. The van der Waals surface area contributed by atoms with Gasteiger partial charge in [0.1, 0.15) is 12.4 Å². The first-order chi connectivity index (χ1) is 13.5. The topological polar surface area (TPSA) is 78.6 Å². The monoisotopic (exact) mass is 512 g/mol. The molecule has 7 nitrogen and oxygen atoms in total. The smallest absolute Gasteiger partial charge is 0.191 e. The highest BCUT2D eigenvalue weighted by atomic mass is 127. The van der Waals surface area contributed by atoms with Gasteiger partial charge in [0.05, 0.1) is 5.69 Å². The SMILES string of the molecule is CCNC(=NCc1cc(C(C)C)no1)NC1CCN(c2cccc(C)n2)CC1.I. The van der Waals surface area contributed by atoms with E-state index < -0.39 is 0 Å². The molecule has 2 N–H and O–H groups in total. The maximum Gasteiger partial charge on any atom is 0.191 e. The Bertz CT molecular complexity index is 783. The molecule has 1 fully saturated rings. The number of anilines is 1. The first-order valence-electron chi connectivity index (χ1n) is 10.2. The van der Waals surface area contributed by atoms with Gasteiger partial charge in [-0.1, -0.05) is 25.1 Å². The molecule has 3 rings (SSSR count). The molecule has 2 aromatic rings. The van der Waals surface area contributed by atoms with Gasteiger partial charge >= 0.3 is 0 Å². The minimum Gasteiger partial charge on any atom is -0.359 e. The summed E-state index contributed by atoms with van der Waals surface area (Å²) >= 11 is 0. The summed E-state index contributed by atoms with van der Waals surface area (Å²) in [4.78, 5) is 11.7. The molecule has 0 bridgehead atoms. The molecule has 160 valence electrons. The summed E-state index contributed by atoms with van der Waals surface area (Å²) in [6.07, 6.45) is 2.11. The van der Waals surface area contributed by atoms with Gasteiger partial charge in [0.15, 0.2) is 11.7 Å². The van der Waals surface area contributed by atoms with E-state index in [1.807, 2.05) is 19.1 Å². The van der Waals surface area contributed by atoms with Gasteiger partial charge in [-0.2, -0.15) is 0 Å². The fourth-order valence-corrected chi connectivity index (χ4v) is 3.30. The predicted octanol–water partition coefficient (Wildman–Crippen LogP) is 3.84. The second-order valence-electron chi connectivity index (χ2n) is 7.61. The molecule has 0 amide bonds. The van der Waals surface area contributed by atoms with Gasteiger partial charge in [-0.25, -0.2) is 9.98 Å². The highest BCUT2D eigenvalue weighted by Crippen LogP contribution is 2.18. The van der Waals surface area contributed by atoms with Crippen molar-refractivity contribution in [2.75, 3.05) is 24.5 Å². The Morgan fingerprint density at radius 2 is 2.07 bits per heavy atom. The van der Waals surface area contributed by atoms with Crippen molar-refractivity contribution in [1.82, 2.24) is 20.8 Å². The number of piperidine rings is 1. The van der Waals surface area contributed by atoms with Crippen LogP contribution in [-0.4, -0.2) is 41.8 Å². The van der Waals surface area contributed by atoms with Crippen molar-refractivity contribution in [3.05, 3.63) is 41.4 Å². The molecule has 2 aromatic heterocycles. The van der Waals surface area contributed by atoms with E-state index in [9.17, 15) is 0 Å². The highest BCUT2D eigenvalue weighted by Gasteiger charge is 2.21. The number of nitrogens with zero attached hydrogens (tertiary/aromatic N) is 4. The van der Waals surface area contributed by atoms with Gasteiger partial charge in [-0.3, -0.25) is 0 Å². The van der Waals surface area contributed by atoms with E-state index in [0.717, 1.165) is 61.4 Å². The van der Waals surface area contributed by atoms with E-state index in [2.05, 4.69) is 63.6 Å².